The summed E-state index contributed by atoms with van der Waals surface area (Å²) in [6.07, 6.45) is 1.96. The predicted molar refractivity (Wildman–Crippen MR) is 47.5 cm³/mol. The minimum Gasteiger partial charge on any atom is -0.468 e. The van der Waals surface area contributed by atoms with Gasteiger partial charge in [0.2, 0.25) is 0 Å². The standard InChI is InChI=1S/C8H9N3O3/c1-3-7-6(5-12)9-10-11(7)4-8(13)14-2/h3,5H,1,4H2,2H3. The molecular weight excluding hydrogens is 186 g/mol. The summed E-state index contributed by atoms with van der Waals surface area (Å²) < 4.78 is 5.70. The molecule has 0 saturated carbocycles. The van der Waals surface area contributed by atoms with E-state index in [4.69, 9.17) is 0 Å². The maximum absolute atomic E-state index is 10.9. The second-order valence-corrected chi connectivity index (χ2v) is 2.42. The first-order chi connectivity index (χ1) is 6.72. The van der Waals surface area contributed by atoms with Crippen molar-refractivity contribution < 1.29 is 14.3 Å². The Morgan fingerprint density at radius 1 is 1.71 bits per heavy atom. The Kier molecular flexibility index (Phi) is 3.11. The highest BCUT2D eigenvalue weighted by atomic mass is 16.5. The summed E-state index contributed by atoms with van der Waals surface area (Å²) in [5.74, 6) is -0.463. The Morgan fingerprint density at radius 3 is 2.93 bits per heavy atom. The lowest BCUT2D eigenvalue weighted by atomic mass is 10.3. The van der Waals surface area contributed by atoms with Crippen LogP contribution in [0.4, 0.5) is 0 Å². The fraction of sp³-hybridized carbons (Fsp3) is 0.250. The first-order valence-corrected chi connectivity index (χ1v) is 3.80. The van der Waals surface area contributed by atoms with Crippen LogP contribution in [0.15, 0.2) is 6.58 Å². The summed E-state index contributed by atoms with van der Waals surface area (Å²) in [7, 11) is 1.27. The SMILES string of the molecule is C=Cc1c(C=O)nnn1CC(=O)OC. The number of nitrogens with zero attached hydrogens (tertiary/aromatic N) is 3. The minimum atomic E-state index is -0.463. The molecule has 0 radical (unpaired) electrons. The Hall–Kier alpha value is -1.98. The molecule has 0 unspecified atom stereocenters. The van der Waals surface area contributed by atoms with E-state index in [1.54, 1.807) is 0 Å². The van der Waals surface area contributed by atoms with Crippen LogP contribution in [0.5, 0.6) is 0 Å². The fourth-order valence-electron chi connectivity index (χ4n) is 0.931. The summed E-state index contributed by atoms with van der Waals surface area (Å²) in [6, 6.07) is 0. The summed E-state index contributed by atoms with van der Waals surface area (Å²) in [4.78, 5) is 21.4. The quantitative estimate of drug-likeness (QED) is 0.495. The molecule has 6 nitrogen and oxygen atoms in total. The van der Waals surface area contributed by atoms with E-state index in [1.165, 1.54) is 17.9 Å². The third-order valence-electron chi connectivity index (χ3n) is 1.61. The minimum absolute atomic E-state index is 0.0846. The molecule has 0 aliphatic rings. The Morgan fingerprint density at radius 2 is 2.43 bits per heavy atom. The number of aromatic nitrogens is 3. The van der Waals surface area contributed by atoms with Gasteiger partial charge in [0, 0.05) is 0 Å². The smallest absolute Gasteiger partial charge is 0.327 e. The molecular formula is C8H9N3O3. The van der Waals surface area contributed by atoms with Gasteiger partial charge in [-0.2, -0.15) is 0 Å². The van der Waals surface area contributed by atoms with Crippen molar-refractivity contribution in [1.82, 2.24) is 15.0 Å². The normalized spacial score (nSPS) is 9.50. The summed E-state index contributed by atoms with van der Waals surface area (Å²) >= 11 is 0. The second-order valence-electron chi connectivity index (χ2n) is 2.42. The molecule has 0 N–H and O–H groups in total. The summed E-state index contributed by atoms with van der Waals surface area (Å²) in [6.45, 7) is 3.41. The van der Waals surface area contributed by atoms with Crippen LogP contribution in [-0.2, 0) is 16.1 Å². The van der Waals surface area contributed by atoms with E-state index in [2.05, 4.69) is 21.6 Å². The Balaban J connectivity index is 2.97. The van der Waals surface area contributed by atoms with E-state index < -0.39 is 5.97 Å². The number of rotatable bonds is 4. The molecule has 0 amide bonds. The second kappa shape index (κ2) is 4.31. The van der Waals surface area contributed by atoms with Gasteiger partial charge in [0.15, 0.2) is 12.0 Å². The zero-order chi connectivity index (χ0) is 10.6. The molecule has 0 atom stereocenters. The van der Waals surface area contributed by atoms with Crippen LogP contribution in [0.2, 0.25) is 0 Å². The molecule has 1 aromatic heterocycles. The maximum atomic E-state index is 10.9. The van der Waals surface area contributed by atoms with Crippen molar-refractivity contribution >= 4 is 18.3 Å². The topological polar surface area (TPSA) is 74.1 Å². The van der Waals surface area contributed by atoms with Crippen molar-refractivity contribution in [1.29, 1.82) is 0 Å². The van der Waals surface area contributed by atoms with Crippen LogP contribution >= 0.6 is 0 Å². The van der Waals surface area contributed by atoms with Crippen molar-refractivity contribution in [3.63, 3.8) is 0 Å². The number of hydrogen-bond acceptors (Lipinski definition) is 5. The van der Waals surface area contributed by atoms with Crippen LogP contribution in [0.1, 0.15) is 16.2 Å². The summed E-state index contributed by atoms with van der Waals surface area (Å²) in [5, 5.41) is 7.17. The highest BCUT2D eigenvalue weighted by Gasteiger charge is 2.11. The number of carbonyl (C=O) groups excluding carboxylic acids is 2. The zero-order valence-corrected chi connectivity index (χ0v) is 7.64. The van der Waals surface area contributed by atoms with Crippen molar-refractivity contribution in [2.75, 3.05) is 7.11 Å². The van der Waals surface area contributed by atoms with E-state index >= 15 is 0 Å². The predicted octanol–water partition coefficient (Wildman–Crippen LogP) is -0.0934. The van der Waals surface area contributed by atoms with Gasteiger partial charge in [-0.1, -0.05) is 11.8 Å². The number of methoxy groups -OCH3 is 1. The van der Waals surface area contributed by atoms with Crippen molar-refractivity contribution in [3.8, 4) is 0 Å². The first kappa shape index (κ1) is 10.1. The van der Waals surface area contributed by atoms with Gasteiger partial charge in [0.1, 0.15) is 6.54 Å². The van der Waals surface area contributed by atoms with Gasteiger partial charge < -0.3 is 4.74 Å². The number of hydrogen-bond donors (Lipinski definition) is 0. The van der Waals surface area contributed by atoms with Gasteiger partial charge in [-0.3, -0.25) is 9.59 Å². The van der Waals surface area contributed by atoms with E-state index in [9.17, 15) is 9.59 Å². The maximum Gasteiger partial charge on any atom is 0.327 e. The zero-order valence-electron chi connectivity index (χ0n) is 7.64. The highest BCUT2D eigenvalue weighted by molar-refractivity contribution is 5.78. The van der Waals surface area contributed by atoms with Crippen molar-refractivity contribution in [3.05, 3.63) is 18.0 Å². The van der Waals surface area contributed by atoms with Gasteiger partial charge in [-0.15, -0.1) is 5.10 Å². The molecule has 74 valence electrons. The van der Waals surface area contributed by atoms with Crippen LogP contribution in [-0.4, -0.2) is 34.4 Å². The molecule has 0 spiro atoms. The third-order valence-corrected chi connectivity index (χ3v) is 1.61. The van der Waals surface area contributed by atoms with Gasteiger partial charge in [0.05, 0.1) is 12.8 Å². The first-order valence-electron chi connectivity index (χ1n) is 3.80. The van der Waals surface area contributed by atoms with Crippen molar-refractivity contribution in [2.45, 2.75) is 6.54 Å². The lowest BCUT2D eigenvalue weighted by Crippen LogP contribution is -2.14. The van der Waals surface area contributed by atoms with E-state index in [0.29, 0.717) is 12.0 Å². The Labute approximate surface area is 80.2 Å². The molecule has 0 aliphatic heterocycles. The van der Waals surface area contributed by atoms with Gasteiger partial charge in [-0.05, 0) is 6.08 Å². The van der Waals surface area contributed by atoms with Crippen LogP contribution in [0.3, 0.4) is 0 Å². The molecule has 14 heavy (non-hydrogen) atoms. The average molecular weight is 195 g/mol. The number of carbonyl (C=O) groups is 2. The molecule has 1 aromatic rings. The molecule has 0 aromatic carbocycles. The molecule has 0 saturated heterocycles. The molecule has 0 fully saturated rings. The van der Waals surface area contributed by atoms with E-state index in [0.717, 1.165) is 0 Å². The van der Waals surface area contributed by atoms with Crippen molar-refractivity contribution in [2.24, 2.45) is 0 Å². The van der Waals surface area contributed by atoms with Crippen LogP contribution in [0.25, 0.3) is 6.08 Å². The summed E-state index contributed by atoms with van der Waals surface area (Å²) in [5.41, 5.74) is 0.564. The third kappa shape index (κ3) is 1.85. The lowest BCUT2D eigenvalue weighted by Gasteiger charge is -2.00. The van der Waals surface area contributed by atoms with Crippen LogP contribution in [0, 0.1) is 0 Å². The largest absolute Gasteiger partial charge is 0.468 e. The van der Waals surface area contributed by atoms with Gasteiger partial charge in [-0.25, -0.2) is 4.68 Å². The molecule has 0 aliphatic carbocycles. The average Bonchev–Trinajstić information content (AvgIpc) is 2.59. The fourth-order valence-corrected chi connectivity index (χ4v) is 0.931. The van der Waals surface area contributed by atoms with Gasteiger partial charge in [0.25, 0.3) is 0 Å². The monoisotopic (exact) mass is 195 g/mol. The van der Waals surface area contributed by atoms with E-state index in [-0.39, 0.29) is 12.2 Å². The lowest BCUT2D eigenvalue weighted by molar-refractivity contribution is -0.141. The number of esters is 1. The number of ether oxygens (including phenoxy) is 1. The van der Waals surface area contributed by atoms with Gasteiger partial charge >= 0.3 is 5.97 Å². The molecule has 6 heteroatoms. The molecule has 0 bridgehead atoms. The molecule has 1 heterocycles. The van der Waals surface area contributed by atoms with E-state index in [1.807, 2.05) is 0 Å². The molecule has 1 rings (SSSR count). The highest BCUT2D eigenvalue weighted by Crippen LogP contribution is 2.04. The number of aldehydes is 1. The Bertz CT molecular complexity index is 370. The van der Waals surface area contributed by atoms with Crippen LogP contribution < -0.4 is 0 Å².